The zero-order valence-electron chi connectivity index (χ0n) is 10.4. The van der Waals surface area contributed by atoms with Crippen molar-refractivity contribution in [3.63, 3.8) is 0 Å². The molecule has 0 radical (unpaired) electrons. The van der Waals surface area contributed by atoms with Gasteiger partial charge in [-0.25, -0.2) is 4.79 Å². The van der Waals surface area contributed by atoms with Crippen molar-refractivity contribution in [2.24, 2.45) is 5.73 Å². The highest BCUT2D eigenvalue weighted by Gasteiger charge is 2.19. The van der Waals surface area contributed by atoms with Crippen LogP contribution in [0, 0.1) is 0 Å². The smallest absolute Gasteiger partial charge is 0.344 e. The van der Waals surface area contributed by atoms with Gasteiger partial charge in [-0.1, -0.05) is 29.3 Å². The second-order valence-corrected chi connectivity index (χ2v) is 4.94. The van der Waals surface area contributed by atoms with Gasteiger partial charge in [-0.15, -0.1) is 0 Å². The van der Waals surface area contributed by atoms with Crippen LogP contribution in [0.15, 0.2) is 22.7 Å². The zero-order chi connectivity index (χ0) is 13.5. The van der Waals surface area contributed by atoms with E-state index in [-0.39, 0.29) is 0 Å². The molecule has 1 atom stereocenters. The molecule has 1 aromatic rings. The Morgan fingerprint density at radius 1 is 1.56 bits per heavy atom. The van der Waals surface area contributed by atoms with Gasteiger partial charge >= 0.3 is 5.97 Å². The van der Waals surface area contributed by atoms with E-state index in [0.717, 1.165) is 16.5 Å². The van der Waals surface area contributed by atoms with Crippen LogP contribution in [0.5, 0.6) is 5.75 Å². The van der Waals surface area contributed by atoms with E-state index in [9.17, 15) is 4.79 Å². The Balaban J connectivity index is 2.90. The summed E-state index contributed by atoms with van der Waals surface area (Å²) in [6, 6.07) is 5.52. The van der Waals surface area contributed by atoms with Gasteiger partial charge < -0.3 is 15.6 Å². The summed E-state index contributed by atoms with van der Waals surface area (Å²) >= 11 is 3.38. The van der Waals surface area contributed by atoms with Crippen molar-refractivity contribution in [2.75, 3.05) is 6.54 Å². The summed E-state index contributed by atoms with van der Waals surface area (Å²) < 4.78 is 6.51. The number of rotatable bonds is 7. The molecule has 0 aliphatic carbocycles. The van der Waals surface area contributed by atoms with Crippen LogP contribution in [-0.2, 0) is 11.2 Å². The van der Waals surface area contributed by atoms with Crippen molar-refractivity contribution >= 4 is 21.9 Å². The van der Waals surface area contributed by atoms with Crippen LogP contribution in [0.2, 0.25) is 0 Å². The van der Waals surface area contributed by atoms with E-state index in [0.29, 0.717) is 25.1 Å². The summed E-state index contributed by atoms with van der Waals surface area (Å²) in [5.41, 5.74) is 6.47. The fourth-order valence-corrected chi connectivity index (χ4v) is 2.07. The van der Waals surface area contributed by atoms with Crippen LogP contribution in [0.1, 0.15) is 25.3 Å². The molecule has 100 valence electrons. The molecule has 0 bridgehead atoms. The minimum atomic E-state index is -0.932. The Bertz CT molecular complexity index is 409. The minimum Gasteiger partial charge on any atom is -0.479 e. The molecule has 0 spiro atoms. The lowest BCUT2D eigenvalue weighted by molar-refractivity contribution is -0.145. The summed E-state index contributed by atoms with van der Waals surface area (Å²) in [4.78, 5) is 11.1. The van der Waals surface area contributed by atoms with Gasteiger partial charge in [-0.2, -0.15) is 0 Å². The highest BCUT2D eigenvalue weighted by Crippen LogP contribution is 2.25. The highest BCUT2D eigenvalue weighted by atomic mass is 79.9. The normalized spacial score (nSPS) is 12.2. The molecule has 0 saturated carbocycles. The monoisotopic (exact) mass is 315 g/mol. The summed E-state index contributed by atoms with van der Waals surface area (Å²) in [5.74, 6) is -0.331. The number of carboxylic acids is 1. The van der Waals surface area contributed by atoms with Crippen LogP contribution in [0.4, 0.5) is 0 Å². The van der Waals surface area contributed by atoms with Gasteiger partial charge in [0.1, 0.15) is 5.75 Å². The molecule has 0 amide bonds. The number of carboxylic acid groups (broad SMARTS) is 1. The Labute approximate surface area is 115 Å². The van der Waals surface area contributed by atoms with Crippen molar-refractivity contribution in [1.82, 2.24) is 0 Å². The molecular weight excluding hydrogens is 298 g/mol. The van der Waals surface area contributed by atoms with Gasteiger partial charge in [0.25, 0.3) is 0 Å². The first-order chi connectivity index (χ1) is 8.58. The molecule has 0 heterocycles. The number of benzene rings is 1. The predicted octanol–water partition coefficient (Wildman–Crippen LogP) is 2.58. The quantitative estimate of drug-likeness (QED) is 0.811. The summed E-state index contributed by atoms with van der Waals surface area (Å²) in [6.07, 6.45) is 1.12. The number of carbonyl (C=O) groups is 1. The van der Waals surface area contributed by atoms with Gasteiger partial charge in [0.15, 0.2) is 6.10 Å². The number of hydrogen-bond donors (Lipinski definition) is 2. The van der Waals surface area contributed by atoms with E-state index in [4.69, 9.17) is 15.6 Å². The van der Waals surface area contributed by atoms with Crippen LogP contribution in [-0.4, -0.2) is 23.7 Å². The fraction of sp³-hybridized carbons (Fsp3) is 0.462. The maximum absolute atomic E-state index is 11.1. The third-order valence-electron chi connectivity index (χ3n) is 2.53. The topological polar surface area (TPSA) is 72.5 Å². The van der Waals surface area contributed by atoms with Gasteiger partial charge in [0.2, 0.25) is 0 Å². The summed E-state index contributed by atoms with van der Waals surface area (Å²) in [6.45, 7) is 2.43. The largest absolute Gasteiger partial charge is 0.479 e. The molecule has 1 rings (SSSR count). The number of aliphatic carboxylic acids is 1. The van der Waals surface area contributed by atoms with Crippen molar-refractivity contribution in [2.45, 2.75) is 32.3 Å². The molecule has 18 heavy (non-hydrogen) atoms. The van der Waals surface area contributed by atoms with Crippen LogP contribution in [0.25, 0.3) is 0 Å². The van der Waals surface area contributed by atoms with Crippen molar-refractivity contribution in [1.29, 1.82) is 0 Å². The highest BCUT2D eigenvalue weighted by molar-refractivity contribution is 9.10. The average Bonchev–Trinajstić information content (AvgIpc) is 2.31. The lowest BCUT2D eigenvalue weighted by Gasteiger charge is -2.17. The van der Waals surface area contributed by atoms with Crippen LogP contribution < -0.4 is 10.5 Å². The molecule has 0 aliphatic heterocycles. The van der Waals surface area contributed by atoms with E-state index in [1.807, 2.05) is 19.1 Å². The van der Waals surface area contributed by atoms with Gasteiger partial charge in [0, 0.05) is 4.47 Å². The molecular formula is C13H18BrNO3. The number of hydrogen-bond acceptors (Lipinski definition) is 3. The fourth-order valence-electron chi connectivity index (χ4n) is 1.66. The third kappa shape index (κ3) is 4.31. The van der Waals surface area contributed by atoms with Crippen molar-refractivity contribution < 1.29 is 14.6 Å². The van der Waals surface area contributed by atoms with Crippen LogP contribution >= 0.6 is 15.9 Å². The Kier molecular flexibility index (Phi) is 6.15. The number of nitrogens with two attached hydrogens (primary N) is 1. The first-order valence-electron chi connectivity index (χ1n) is 5.96. The van der Waals surface area contributed by atoms with E-state index in [1.165, 1.54) is 0 Å². The first kappa shape index (κ1) is 15.0. The van der Waals surface area contributed by atoms with Gasteiger partial charge in [-0.3, -0.25) is 0 Å². The van der Waals surface area contributed by atoms with E-state index >= 15 is 0 Å². The maximum Gasteiger partial charge on any atom is 0.344 e. The molecule has 4 nitrogen and oxygen atoms in total. The second-order valence-electron chi connectivity index (χ2n) is 4.02. The van der Waals surface area contributed by atoms with Crippen molar-refractivity contribution in [3.8, 4) is 5.75 Å². The minimum absolute atomic E-state index is 0.494. The predicted molar refractivity (Wildman–Crippen MR) is 73.9 cm³/mol. The second kappa shape index (κ2) is 7.38. The molecule has 1 unspecified atom stereocenters. The molecule has 0 fully saturated rings. The number of ether oxygens (including phenoxy) is 1. The third-order valence-corrected chi connectivity index (χ3v) is 3.02. The SMILES string of the molecule is CCCC(Oc1ccc(Br)cc1CCN)C(=O)O. The van der Waals surface area contributed by atoms with Crippen molar-refractivity contribution in [3.05, 3.63) is 28.2 Å². The summed E-state index contributed by atoms with van der Waals surface area (Å²) in [7, 11) is 0. The zero-order valence-corrected chi connectivity index (χ0v) is 11.9. The Hall–Kier alpha value is -1.07. The average molecular weight is 316 g/mol. The first-order valence-corrected chi connectivity index (χ1v) is 6.75. The molecule has 0 saturated heterocycles. The molecule has 5 heteroatoms. The Morgan fingerprint density at radius 2 is 2.28 bits per heavy atom. The molecule has 0 aliphatic rings. The standard InChI is InChI=1S/C13H18BrNO3/c1-2-3-12(13(16)17)18-11-5-4-10(14)8-9(11)6-7-15/h4-5,8,12H,2-3,6-7,15H2,1H3,(H,16,17). The Morgan fingerprint density at radius 3 is 2.83 bits per heavy atom. The van der Waals surface area contributed by atoms with Gasteiger partial charge in [-0.05, 0) is 43.1 Å². The maximum atomic E-state index is 11.1. The van der Waals surface area contributed by atoms with Gasteiger partial charge in [0.05, 0.1) is 0 Å². The van der Waals surface area contributed by atoms with E-state index in [1.54, 1.807) is 6.07 Å². The van der Waals surface area contributed by atoms with Crippen LogP contribution in [0.3, 0.4) is 0 Å². The summed E-state index contributed by atoms with van der Waals surface area (Å²) in [5, 5.41) is 9.08. The lowest BCUT2D eigenvalue weighted by atomic mass is 10.1. The molecule has 0 aromatic heterocycles. The lowest BCUT2D eigenvalue weighted by Crippen LogP contribution is -2.27. The molecule has 3 N–H and O–H groups in total. The van der Waals surface area contributed by atoms with E-state index < -0.39 is 12.1 Å². The molecule has 1 aromatic carbocycles. The van der Waals surface area contributed by atoms with E-state index in [2.05, 4.69) is 15.9 Å². The number of halogens is 1.